The summed E-state index contributed by atoms with van der Waals surface area (Å²) in [5, 5.41) is 5.66. The molecule has 0 atom stereocenters. The second-order valence-electron chi connectivity index (χ2n) is 12.6. The van der Waals surface area contributed by atoms with Crippen LogP contribution in [0.3, 0.4) is 0 Å². The van der Waals surface area contributed by atoms with Gasteiger partial charge in [0.05, 0.1) is 11.1 Å². The van der Waals surface area contributed by atoms with E-state index in [2.05, 4.69) is 22.8 Å². The van der Waals surface area contributed by atoms with Crippen LogP contribution in [0.2, 0.25) is 0 Å². The summed E-state index contributed by atoms with van der Waals surface area (Å²) in [6.07, 6.45) is 1.10. The molecule has 0 bridgehead atoms. The van der Waals surface area contributed by atoms with Crippen LogP contribution >= 0.6 is 0 Å². The molecule has 1 fully saturated rings. The minimum Gasteiger partial charge on any atom is -0.322 e. The van der Waals surface area contributed by atoms with Crippen molar-refractivity contribution in [2.45, 2.75) is 63.7 Å². The Hall–Kier alpha value is -5.12. The third-order valence-corrected chi connectivity index (χ3v) is 9.06. The molecule has 0 aromatic heterocycles. The highest BCUT2D eigenvalue weighted by atomic mass is 19.4. The van der Waals surface area contributed by atoms with Gasteiger partial charge < -0.3 is 10.6 Å². The fourth-order valence-corrected chi connectivity index (χ4v) is 6.43. The van der Waals surface area contributed by atoms with Gasteiger partial charge in [-0.3, -0.25) is 9.59 Å². The van der Waals surface area contributed by atoms with E-state index in [0.717, 1.165) is 78.6 Å². The van der Waals surface area contributed by atoms with Gasteiger partial charge in [0.25, 0.3) is 0 Å². The van der Waals surface area contributed by atoms with Gasteiger partial charge in [0.1, 0.15) is 0 Å². The molecule has 5 rings (SSSR count). The van der Waals surface area contributed by atoms with Crippen molar-refractivity contribution in [1.82, 2.24) is 0 Å². The summed E-state index contributed by atoms with van der Waals surface area (Å²) in [4.78, 5) is 25.4. The molecule has 0 heterocycles. The molecule has 1 saturated carbocycles. The fraction of sp³-hybridized carbons (Fsp3) is 0.250. The molecule has 4 aromatic rings. The molecule has 50 heavy (non-hydrogen) atoms. The maximum Gasteiger partial charge on any atom is 0.416 e. The smallest absolute Gasteiger partial charge is 0.322 e. The second-order valence-corrected chi connectivity index (χ2v) is 12.6. The third kappa shape index (κ3) is 8.72. The van der Waals surface area contributed by atoms with Gasteiger partial charge in [0.15, 0.2) is 0 Å². The van der Waals surface area contributed by atoms with Crippen molar-refractivity contribution in [3.05, 3.63) is 142 Å². The monoisotopic (exact) mass is 690 g/mol. The second kappa shape index (κ2) is 14.8. The van der Waals surface area contributed by atoms with Gasteiger partial charge in [-0.25, -0.2) is 0 Å². The van der Waals surface area contributed by atoms with Crippen molar-refractivity contribution in [2.75, 3.05) is 10.6 Å². The highest BCUT2D eigenvalue weighted by molar-refractivity contribution is 6.03. The molecule has 1 aliphatic rings. The maximum atomic E-state index is 13.0. The van der Waals surface area contributed by atoms with Gasteiger partial charge in [-0.05, 0) is 109 Å². The molecule has 4 nitrogen and oxygen atoms in total. The molecule has 0 radical (unpaired) electrons. The summed E-state index contributed by atoms with van der Waals surface area (Å²) in [5.41, 5.74) is 3.66. The Balaban J connectivity index is 1.31. The van der Waals surface area contributed by atoms with Crippen LogP contribution in [0.15, 0.2) is 97.1 Å². The summed E-state index contributed by atoms with van der Waals surface area (Å²) in [6, 6.07) is 21.3. The van der Waals surface area contributed by atoms with Crippen LogP contribution in [0.25, 0.3) is 12.2 Å². The Morgan fingerprint density at radius 3 is 1.40 bits per heavy atom. The molecule has 0 spiro atoms. The molecule has 4 aromatic carbocycles. The summed E-state index contributed by atoms with van der Waals surface area (Å²) in [7, 11) is 0. The molecule has 2 N–H and O–H groups in total. The zero-order valence-corrected chi connectivity index (χ0v) is 27.5. The summed E-state index contributed by atoms with van der Waals surface area (Å²) < 4.78 is 78.3. The van der Waals surface area contributed by atoms with Gasteiger partial charge in [0.2, 0.25) is 11.8 Å². The number of alkyl halides is 6. The number of carbonyl (C=O) groups is 2. The number of rotatable bonds is 8. The third-order valence-electron chi connectivity index (χ3n) is 9.06. The van der Waals surface area contributed by atoms with Gasteiger partial charge in [-0.1, -0.05) is 67.8 Å². The lowest BCUT2D eigenvalue weighted by Crippen LogP contribution is -2.31. The minimum atomic E-state index is -4.48. The van der Waals surface area contributed by atoms with Gasteiger partial charge in [-0.2, -0.15) is 26.3 Å². The quantitative estimate of drug-likeness (QED) is 0.143. The molecular formula is C40H36F6N2O2. The van der Waals surface area contributed by atoms with Crippen LogP contribution in [0.1, 0.15) is 76.6 Å². The van der Waals surface area contributed by atoms with Crippen LogP contribution in [0.5, 0.6) is 0 Å². The molecule has 1 aliphatic carbocycles. The average molecular weight is 691 g/mol. The molecule has 2 amide bonds. The Bertz CT molecular complexity index is 1800. The summed E-state index contributed by atoms with van der Waals surface area (Å²) in [6.45, 7) is 3.78. The highest BCUT2D eigenvalue weighted by Gasteiger charge is 2.36. The predicted octanol–water partition coefficient (Wildman–Crippen LogP) is 10.9. The number of amides is 2. The first-order valence-electron chi connectivity index (χ1n) is 16.2. The lowest BCUT2D eigenvalue weighted by Gasteiger charge is -2.39. The van der Waals surface area contributed by atoms with E-state index in [-0.39, 0.29) is 16.5 Å². The Labute approximate surface area is 286 Å². The predicted molar refractivity (Wildman–Crippen MR) is 184 cm³/mol. The number of hydrogen-bond acceptors (Lipinski definition) is 2. The van der Waals surface area contributed by atoms with E-state index in [1.807, 2.05) is 38.1 Å². The van der Waals surface area contributed by atoms with Gasteiger partial charge in [0, 0.05) is 28.9 Å². The van der Waals surface area contributed by atoms with Crippen LogP contribution in [-0.2, 0) is 27.4 Å². The van der Waals surface area contributed by atoms with Crippen molar-refractivity contribution in [3.63, 3.8) is 0 Å². The normalized spacial score (nSPS) is 15.0. The van der Waals surface area contributed by atoms with E-state index in [0.29, 0.717) is 11.4 Å². The average Bonchev–Trinajstić information content (AvgIpc) is 3.08. The molecular weight excluding hydrogens is 654 g/mol. The number of carbonyl (C=O) groups excluding carboxylic acids is 2. The number of anilines is 2. The SMILES string of the molecule is Cc1cc(C2(c3ccc(NC(=O)C=Cc4cccc(C(F)(F)F)c4)c(C)c3)CCCCC2)ccc1NC(=O)C=Cc1cccc(C(F)(F)F)c1. The van der Waals surface area contributed by atoms with E-state index in [1.165, 1.54) is 48.6 Å². The Morgan fingerprint density at radius 2 is 1.02 bits per heavy atom. The van der Waals surface area contributed by atoms with Crippen molar-refractivity contribution < 1.29 is 35.9 Å². The molecule has 10 heteroatoms. The van der Waals surface area contributed by atoms with Crippen LogP contribution in [0, 0.1) is 13.8 Å². The largest absolute Gasteiger partial charge is 0.416 e. The molecule has 260 valence electrons. The first-order valence-corrected chi connectivity index (χ1v) is 16.2. The number of nitrogens with one attached hydrogen (secondary N) is 2. The Morgan fingerprint density at radius 1 is 0.600 bits per heavy atom. The topological polar surface area (TPSA) is 58.2 Å². The summed E-state index contributed by atoms with van der Waals surface area (Å²) >= 11 is 0. The van der Waals surface area contributed by atoms with E-state index < -0.39 is 35.3 Å². The Kier molecular flexibility index (Phi) is 10.7. The molecule has 0 saturated heterocycles. The number of benzene rings is 4. The first-order chi connectivity index (χ1) is 23.6. The standard InChI is InChI=1S/C40H36F6N2O2/c1-26-22-30(14-16-34(26)47-36(49)18-12-28-8-6-10-32(24-28)39(41,42)43)38(20-4-3-5-21-38)31-15-17-35(27(2)23-31)48-37(50)19-13-29-9-7-11-33(25-29)40(44,45)46/h6-19,22-25H,3-5,20-21H2,1-2H3,(H,47,49)(H,48,50). The maximum absolute atomic E-state index is 13.0. The molecule has 0 unspecified atom stereocenters. The van der Waals surface area contributed by atoms with Gasteiger partial charge in [-0.15, -0.1) is 0 Å². The first kappa shape index (κ1) is 36.2. The van der Waals surface area contributed by atoms with Crippen molar-refractivity contribution in [2.24, 2.45) is 0 Å². The van der Waals surface area contributed by atoms with Crippen molar-refractivity contribution in [3.8, 4) is 0 Å². The van der Waals surface area contributed by atoms with Crippen LogP contribution in [0.4, 0.5) is 37.7 Å². The molecule has 0 aliphatic heterocycles. The lowest BCUT2D eigenvalue weighted by atomic mass is 9.65. The zero-order valence-electron chi connectivity index (χ0n) is 27.5. The van der Waals surface area contributed by atoms with E-state index in [4.69, 9.17) is 0 Å². The minimum absolute atomic E-state index is 0.258. The van der Waals surface area contributed by atoms with Crippen LogP contribution in [-0.4, -0.2) is 11.8 Å². The highest BCUT2D eigenvalue weighted by Crippen LogP contribution is 2.46. The van der Waals surface area contributed by atoms with Crippen molar-refractivity contribution in [1.29, 1.82) is 0 Å². The number of hydrogen-bond donors (Lipinski definition) is 2. The van der Waals surface area contributed by atoms with E-state index in [9.17, 15) is 35.9 Å². The zero-order chi connectivity index (χ0) is 36.1. The van der Waals surface area contributed by atoms with E-state index in [1.54, 1.807) is 0 Å². The van der Waals surface area contributed by atoms with Crippen molar-refractivity contribution >= 4 is 35.3 Å². The van der Waals surface area contributed by atoms with Gasteiger partial charge >= 0.3 is 12.4 Å². The number of halogens is 6. The lowest BCUT2D eigenvalue weighted by molar-refractivity contribution is -0.138. The fourth-order valence-electron chi connectivity index (χ4n) is 6.43. The van der Waals surface area contributed by atoms with E-state index >= 15 is 0 Å². The summed E-state index contributed by atoms with van der Waals surface area (Å²) in [5.74, 6) is -0.938. The van der Waals surface area contributed by atoms with Crippen LogP contribution < -0.4 is 10.6 Å². The number of aryl methyl sites for hydroxylation is 2.